The molecule has 7 nitrogen and oxygen atoms in total. The third kappa shape index (κ3) is 1.50. The lowest BCUT2D eigenvalue weighted by molar-refractivity contribution is -0.174. The predicted octanol–water partition coefficient (Wildman–Crippen LogP) is -0.214. The monoisotopic (exact) mass is 257 g/mol. The lowest BCUT2D eigenvalue weighted by Crippen LogP contribution is -2.40. The summed E-state index contributed by atoms with van der Waals surface area (Å²) < 4.78 is 21.3. The van der Waals surface area contributed by atoms with Gasteiger partial charge in [-0.15, -0.1) is 0 Å². The molecule has 1 N–H and O–H groups in total. The predicted molar refractivity (Wildman–Crippen MR) is 56.5 cm³/mol. The molecule has 0 aromatic rings. The fourth-order valence-corrected chi connectivity index (χ4v) is 2.98. The highest BCUT2D eigenvalue weighted by Crippen LogP contribution is 2.45. The van der Waals surface area contributed by atoms with E-state index in [2.05, 4.69) is 5.32 Å². The molecule has 2 saturated heterocycles. The van der Waals surface area contributed by atoms with Crippen LogP contribution in [0, 0.1) is 5.92 Å². The highest BCUT2D eigenvalue weighted by atomic mass is 16.8. The van der Waals surface area contributed by atoms with Gasteiger partial charge in [0.1, 0.15) is 24.2 Å². The molecule has 0 bridgehead atoms. The Bertz CT molecular complexity index is 408. The van der Waals surface area contributed by atoms with Gasteiger partial charge in [0.15, 0.2) is 5.79 Å². The van der Waals surface area contributed by atoms with Gasteiger partial charge in [-0.1, -0.05) is 0 Å². The Morgan fingerprint density at radius 3 is 2.61 bits per heavy atom. The van der Waals surface area contributed by atoms with Gasteiger partial charge in [0.25, 0.3) is 0 Å². The molecule has 1 amide bonds. The van der Waals surface area contributed by atoms with E-state index >= 15 is 0 Å². The van der Waals surface area contributed by atoms with E-state index in [1.165, 1.54) is 7.11 Å². The fourth-order valence-electron chi connectivity index (χ4n) is 2.98. The Hall–Kier alpha value is -1.34. The average Bonchev–Trinajstić information content (AvgIpc) is 2.85. The van der Waals surface area contributed by atoms with Gasteiger partial charge in [-0.3, -0.25) is 4.79 Å². The number of esters is 1. The minimum absolute atomic E-state index is 0.367. The first-order chi connectivity index (χ1) is 8.43. The summed E-state index contributed by atoms with van der Waals surface area (Å²) in [5.74, 6) is -1.87. The van der Waals surface area contributed by atoms with Crippen molar-refractivity contribution in [2.45, 2.75) is 44.0 Å². The molecular formula is C11H15NO6. The molecule has 2 aliphatic heterocycles. The van der Waals surface area contributed by atoms with Gasteiger partial charge < -0.3 is 24.3 Å². The van der Waals surface area contributed by atoms with E-state index in [0.717, 1.165) is 0 Å². The molecule has 0 aromatic heterocycles. The Kier molecular flexibility index (Phi) is 2.33. The Labute approximate surface area is 104 Å². The number of amides is 1. The van der Waals surface area contributed by atoms with E-state index in [-0.39, 0.29) is 12.1 Å². The van der Waals surface area contributed by atoms with Crippen molar-refractivity contribution in [3.63, 3.8) is 0 Å². The molecule has 100 valence electrons. The lowest BCUT2D eigenvalue weighted by atomic mass is 10.0. The molecule has 7 heteroatoms. The minimum atomic E-state index is -0.778. The van der Waals surface area contributed by atoms with Crippen molar-refractivity contribution in [3.8, 4) is 0 Å². The molecular weight excluding hydrogens is 242 g/mol. The highest BCUT2D eigenvalue weighted by Gasteiger charge is 2.65. The number of alkyl carbamates (subject to hydrolysis) is 1. The number of methoxy groups -OCH3 is 1. The topological polar surface area (TPSA) is 83.1 Å². The third-order valence-electron chi connectivity index (χ3n) is 3.58. The van der Waals surface area contributed by atoms with Gasteiger partial charge in [-0.05, 0) is 13.8 Å². The SMILES string of the molecule is COC(=O)[C@H]1[C@H]2OC(=O)N[C@H]2[C@@H]2OC(C)(C)O[C@@H]21. The van der Waals surface area contributed by atoms with Crippen LogP contribution in [0.2, 0.25) is 0 Å². The van der Waals surface area contributed by atoms with Crippen LogP contribution in [0.4, 0.5) is 4.79 Å². The number of rotatable bonds is 1. The second-order valence-electron chi connectivity index (χ2n) is 5.15. The van der Waals surface area contributed by atoms with E-state index < -0.39 is 36.0 Å². The molecule has 18 heavy (non-hydrogen) atoms. The molecule has 3 aliphatic rings. The Morgan fingerprint density at radius 2 is 1.94 bits per heavy atom. The van der Waals surface area contributed by atoms with Gasteiger partial charge in [0.05, 0.1) is 13.2 Å². The van der Waals surface area contributed by atoms with Crippen molar-refractivity contribution < 1.29 is 28.5 Å². The standard InChI is InChI=1S/C11H15NO6/c1-11(2)17-7-4(9(13)15-3)6-5(8(7)18-11)12-10(14)16-6/h4-8H,1-3H3,(H,12,14)/t4-,5+,6+,7+,8-/m0/s1. The number of nitrogens with one attached hydrogen (secondary N) is 1. The summed E-state index contributed by atoms with van der Waals surface area (Å²) in [6.07, 6.45) is -1.97. The van der Waals surface area contributed by atoms with E-state index in [1.807, 2.05) is 0 Å². The quantitative estimate of drug-likeness (QED) is 0.654. The van der Waals surface area contributed by atoms with E-state index in [1.54, 1.807) is 13.8 Å². The largest absolute Gasteiger partial charge is 0.469 e. The van der Waals surface area contributed by atoms with Crippen molar-refractivity contribution in [2.75, 3.05) is 7.11 Å². The van der Waals surface area contributed by atoms with Crippen LogP contribution in [0.3, 0.4) is 0 Å². The minimum Gasteiger partial charge on any atom is -0.469 e. The van der Waals surface area contributed by atoms with Crippen molar-refractivity contribution >= 4 is 12.1 Å². The molecule has 0 spiro atoms. The molecule has 3 rings (SSSR count). The molecule has 0 aromatic carbocycles. The van der Waals surface area contributed by atoms with Gasteiger partial charge in [0.2, 0.25) is 0 Å². The van der Waals surface area contributed by atoms with Gasteiger partial charge >= 0.3 is 12.1 Å². The normalized spacial score (nSPS) is 43.9. The first kappa shape index (κ1) is 11.7. The zero-order valence-corrected chi connectivity index (χ0v) is 10.3. The smallest absolute Gasteiger partial charge is 0.407 e. The number of hydrogen-bond donors (Lipinski definition) is 1. The summed E-state index contributed by atoms with van der Waals surface area (Å²) in [4.78, 5) is 23.1. The summed E-state index contributed by atoms with van der Waals surface area (Å²) in [6, 6.07) is -0.367. The summed E-state index contributed by atoms with van der Waals surface area (Å²) in [7, 11) is 1.30. The van der Waals surface area contributed by atoms with Gasteiger partial charge in [0, 0.05) is 0 Å². The van der Waals surface area contributed by atoms with Crippen LogP contribution in [0.15, 0.2) is 0 Å². The molecule has 1 saturated carbocycles. The van der Waals surface area contributed by atoms with E-state index in [0.29, 0.717) is 0 Å². The van der Waals surface area contributed by atoms with Crippen molar-refractivity contribution in [1.82, 2.24) is 5.32 Å². The van der Waals surface area contributed by atoms with Crippen LogP contribution < -0.4 is 5.32 Å². The number of ether oxygens (including phenoxy) is 4. The zero-order valence-electron chi connectivity index (χ0n) is 10.3. The number of hydrogen-bond acceptors (Lipinski definition) is 6. The van der Waals surface area contributed by atoms with Crippen LogP contribution in [-0.2, 0) is 23.7 Å². The van der Waals surface area contributed by atoms with Crippen LogP contribution in [0.1, 0.15) is 13.8 Å². The van der Waals surface area contributed by atoms with Crippen LogP contribution in [0.25, 0.3) is 0 Å². The molecule has 5 atom stereocenters. The molecule has 0 unspecified atom stereocenters. The molecule has 2 heterocycles. The number of fused-ring (bicyclic) bond motifs is 3. The first-order valence-electron chi connectivity index (χ1n) is 5.83. The summed E-state index contributed by atoms with van der Waals surface area (Å²) in [5, 5.41) is 2.66. The highest BCUT2D eigenvalue weighted by molar-refractivity contribution is 5.78. The van der Waals surface area contributed by atoms with Gasteiger partial charge in [-0.2, -0.15) is 0 Å². The van der Waals surface area contributed by atoms with Crippen molar-refractivity contribution in [1.29, 1.82) is 0 Å². The average molecular weight is 257 g/mol. The van der Waals surface area contributed by atoms with E-state index in [4.69, 9.17) is 18.9 Å². The van der Waals surface area contributed by atoms with Crippen LogP contribution >= 0.6 is 0 Å². The summed E-state index contributed by atoms with van der Waals surface area (Å²) >= 11 is 0. The third-order valence-corrected chi connectivity index (χ3v) is 3.58. The summed E-state index contributed by atoms with van der Waals surface area (Å²) in [6.45, 7) is 3.54. The number of carbonyl (C=O) groups is 2. The lowest BCUT2D eigenvalue weighted by Gasteiger charge is -2.23. The Morgan fingerprint density at radius 1 is 1.28 bits per heavy atom. The van der Waals surface area contributed by atoms with Crippen LogP contribution in [-0.4, -0.2) is 49.3 Å². The summed E-state index contributed by atoms with van der Waals surface area (Å²) in [5.41, 5.74) is 0. The molecule has 1 aliphatic carbocycles. The molecule has 3 fully saturated rings. The van der Waals surface area contributed by atoms with Crippen molar-refractivity contribution in [2.24, 2.45) is 5.92 Å². The van der Waals surface area contributed by atoms with Crippen LogP contribution in [0.5, 0.6) is 0 Å². The molecule has 0 radical (unpaired) electrons. The Balaban J connectivity index is 1.92. The maximum atomic E-state index is 11.8. The first-order valence-corrected chi connectivity index (χ1v) is 5.83. The fraction of sp³-hybridized carbons (Fsp3) is 0.818. The van der Waals surface area contributed by atoms with E-state index in [9.17, 15) is 9.59 Å². The van der Waals surface area contributed by atoms with Crippen molar-refractivity contribution in [3.05, 3.63) is 0 Å². The number of carbonyl (C=O) groups excluding carboxylic acids is 2. The maximum absolute atomic E-state index is 11.8. The zero-order chi connectivity index (χ0) is 13.1. The second kappa shape index (κ2) is 3.58. The maximum Gasteiger partial charge on any atom is 0.407 e. The second-order valence-corrected chi connectivity index (χ2v) is 5.15. The van der Waals surface area contributed by atoms with Gasteiger partial charge in [-0.25, -0.2) is 4.79 Å².